The molecule has 0 heterocycles. The summed E-state index contributed by atoms with van der Waals surface area (Å²) in [7, 11) is 0. The van der Waals surface area contributed by atoms with E-state index >= 15 is 0 Å². The molecule has 0 spiro atoms. The summed E-state index contributed by atoms with van der Waals surface area (Å²) in [4.78, 5) is 0. The van der Waals surface area contributed by atoms with Gasteiger partial charge in [0.15, 0.2) is 0 Å². The molecule has 0 aliphatic rings. The molecule has 0 saturated carbocycles. The average Bonchev–Trinajstić information content (AvgIpc) is 1.61. The van der Waals surface area contributed by atoms with Crippen molar-refractivity contribution in [2.45, 2.75) is 13.3 Å². The minimum atomic E-state index is -0.205. The second-order valence-electron chi connectivity index (χ2n) is 0.908. The van der Waals surface area contributed by atoms with Crippen molar-refractivity contribution in [2.24, 2.45) is 0 Å². The van der Waals surface area contributed by atoms with E-state index in [0.717, 1.165) is 6.42 Å². The molecule has 0 atom stereocenters. The molecule has 0 bridgehead atoms. The molecular weight excluding hydrogens is 107 g/mol. The number of hydrogen-bond donors (Lipinski definition) is 1. The molecule has 0 saturated heterocycles. The van der Waals surface area contributed by atoms with Crippen LogP contribution in [0.3, 0.4) is 0 Å². The zero-order valence-corrected chi connectivity index (χ0v) is 4.57. The SMILES string of the molecule is CCCO[SH]=O.[LiH]. The predicted octanol–water partition coefficient (Wildman–Crippen LogP) is -0.375. The van der Waals surface area contributed by atoms with Gasteiger partial charge in [0.1, 0.15) is 11.9 Å². The van der Waals surface area contributed by atoms with Crippen LogP contribution in [-0.2, 0) is 16.1 Å². The summed E-state index contributed by atoms with van der Waals surface area (Å²) in [5, 5.41) is 0. The van der Waals surface area contributed by atoms with Crippen molar-refractivity contribution in [1.29, 1.82) is 0 Å². The van der Waals surface area contributed by atoms with Crippen molar-refractivity contribution >= 4 is 30.8 Å². The summed E-state index contributed by atoms with van der Waals surface area (Å²) in [6, 6.07) is 0. The van der Waals surface area contributed by atoms with Gasteiger partial charge in [-0.2, -0.15) is 0 Å². The van der Waals surface area contributed by atoms with E-state index in [-0.39, 0.29) is 30.8 Å². The molecule has 0 aliphatic heterocycles. The Morgan fingerprint density at radius 3 is 2.43 bits per heavy atom. The zero-order chi connectivity index (χ0) is 4.83. The third kappa shape index (κ3) is 10.8. The van der Waals surface area contributed by atoms with Crippen molar-refractivity contribution < 1.29 is 8.39 Å². The summed E-state index contributed by atoms with van der Waals surface area (Å²) in [6.45, 7) is 2.55. The van der Waals surface area contributed by atoms with Gasteiger partial charge in [0.25, 0.3) is 0 Å². The van der Waals surface area contributed by atoms with E-state index in [0.29, 0.717) is 6.61 Å². The molecule has 7 heavy (non-hydrogen) atoms. The van der Waals surface area contributed by atoms with E-state index in [1.165, 1.54) is 0 Å². The molecule has 0 amide bonds. The first kappa shape index (κ1) is 10.6. The summed E-state index contributed by atoms with van der Waals surface area (Å²) in [5.41, 5.74) is 0. The van der Waals surface area contributed by atoms with Crippen LogP contribution in [0.5, 0.6) is 0 Å². The Morgan fingerprint density at radius 2 is 2.29 bits per heavy atom. The Morgan fingerprint density at radius 1 is 1.71 bits per heavy atom. The molecule has 2 nitrogen and oxygen atoms in total. The standard InChI is InChI=1S/C3H8O2S.Li.H/c1-2-3-5-6-4;;/h6H,2-3H2,1H3;;. The van der Waals surface area contributed by atoms with E-state index in [9.17, 15) is 4.21 Å². The van der Waals surface area contributed by atoms with Crippen LogP contribution in [0.2, 0.25) is 0 Å². The first-order valence-electron chi connectivity index (χ1n) is 1.86. The Hall–Kier alpha value is 0.707. The summed E-state index contributed by atoms with van der Waals surface area (Å²) < 4.78 is 13.8. The molecule has 4 heteroatoms. The molecule has 0 aromatic rings. The fourth-order valence-corrected chi connectivity index (χ4v) is 0.386. The maximum absolute atomic E-state index is 9.44. The Kier molecular flexibility index (Phi) is 15.0. The first-order valence-corrected chi connectivity index (χ1v) is 2.59. The van der Waals surface area contributed by atoms with Crippen LogP contribution in [0.4, 0.5) is 0 Å². The number of hydrogen-bond acceptors (Lipinski definition) is 2. The second kappa shape index (κ2) is 9.86. The third-order valence-electron chi connectivity index (χ3n) is 0.348. The molecule has 0 fully saturated rings. The van der Waals surface area contributed by atoms with Crippen LogP contribution in [0, 0.1) is 0 Å². The van der Waals surface area contributed by atoms with Crippen molar-refractivity contribution in [1.82, 2.24) is 0 Å². The van der Waals surface area contributed by atoms with Crippen LogP contribution in [0.15, 0.2) is 0 Å². The van der Waals surface area contributed by atoms with E-state index in [1.807, 2.05) is 6.92 Å². The monoisotopic (exact) mass is 116 g/mol. The third-order valence-corrected chi connectivity index (χ3v) is 0.636. The van der Waals surface area contributed by atoms with E-state index < -0.39 is 0 Å². The fraction of sp³-hybridized carbons (Fsp3) is 1.00. The molecule has 40 valence electrons. The number of rotatable bonds is 3. The Bertz CT molecular complexity index is 41.9. The normalized spacial score (nSPS) is 7.57. The fourth-order valence-electron chi connectivity index (χ4n) is 0.129. The van der Waals surface area contributed by atoms with Gasteiger partial charge in [-0.1, -0.05) is 6.92 Å². The van der Waals surface area contributed by atoms with Gasteiger partial charge in [-0.15, -0.1) is 0 Å². The topological polar surface area (TPSA) is 26.3 Å². The second-order valence-corrected chi connectivity index (χ2v) is 1.32. The Balaban J connectivity index is 0. The molecule has 0 radical (unpaired) electrons. The van der Waals surface area contributed by atoms with Gasteiger partial charge in [0.2, 0.25) is 0 Å². The molecule has 0 aliphatic carbocycles. The van der Waals surface area contributed by atoms with Crippen LogP contribution in [0.25, 0.3) is 0 Å². The van der Waals surface area contributed by atoms with E-state index in [2.05, 4.69) is 4.18 Å². The van der Waals surface area contributed by atoms with Gasteiger partial charge < -0.3 is 0 Å². The minimum absolute atomic E-state index is 0. The quantitative estimate of drug-likeness (QED) is 0.309. The van der Waals surface area contributed by atoms with Crippen LogP contribution < -0.4 is 0 Å². The van der Waals surface area contributed by atoms with Gasteiger partial charge >= 0.3 is 18.9 Å². The van der Waals surface area contributed by atoms with Crippen molar-refractivity contribution in [3.05, 3.63) is 0 Å². The summed E-state index contributed by atoms with van der Waals surface area (Å²) in [6.07, 6.45) is 0.926. The first-order chi connectivity index (χ1) is 2.91. The molecule has 0 aromatic carbocycles. The summed E-state index contributed by atoms with van der Waals surface area (Å²) >= 11 is -0.205. The van der Waals surface area contributed by atoms with E-state index in [4.69, 9.17) is 0 Å². The van der Waals surface area contributed by atoms with E-state index in [1.54, 1.807) is 0 Å². The van der Waals surface area contributed by atoms with Gasteiger partial charge in [-0.25, -0.2) is 4.21 Å². The van der Waals surface area contributed by atoms with Crippen LogP contribution in [0.1, 0.15) is 13.3 Å². The maximum atomic E-state index is 9.44. The van der Waals surface area contributed by atoms with Crippen molar-refractivity contribution in [3.63, 3.8) is 0 Å². The van der Waals surface area contributed by atoms with Gasteiger partial charge in [0, 0.05) is 0 Å². The molecular formula is C3H9LiO2S. The molecule has 0 unspecified atom stereocenters. The van der Waals surface area contributed by atoms with Crippen molar-refractivity contribution in [3.8, 4) is 0 Å². The van der Waals surface area contributed by atoms with Crippen LogP contribution >= 0.6 is 0 Å². The van der Waals surface area contributed by atoms with Gasteiger partial charge in [-0.05, 0) is 6.42 Å². The average molecular weight is 116 g/mol. The number of thiol groups is 1. The Labute approximate surface area is 59.5 Å². The molecule has 0 rings (SSSR count). The zero-order valence-electron chi connectivity index (χ0n) is 3.68. The van der Waals surface area contributed by atoms with Crippen molar-refractivity contribution in [2.75, 3.05) is 6.61 Å². The summed E-state index contributed by atoms with van der Waals surface area (Å²) in [5.74, 6) is 0. The van der Waals surface area contributed by atoms with Gasteiger partial charge in [0.05, 0.1) is 6.61 Å². The molecule has 0 N–H and O–H groups in total. The van der Waals surface area contributed by atoms with Crippen LogP contribution in [-0.4, -0.2) is 29.7 Å². The van der Waals surface area contributed by atoms with Gasteiger partial charge in [-0.3, -0.25) is 4.18 Å². The molecule has 0 aromatic heterocycles. The predicted molar refractivity (Wildman–Crippen MR) is 32.9 cm³/mol.